The van der Waals surface area contributed by atoms with Crippen LogP contribution < -0.4 is 5.32 Å². The van der Waals surface area contributed by atoms with Gasteiger partial charge in [-0.25, -0.2) is 4.98 Å². The molecule has 0 spiro atoms. The molecule has 0 aliphatic heterocycles. The lowest BCUT2D eigenvalue weighted by Gasteiger charge is -2.24. The van der Waals surface area contributed by atoms with Gasteiger partial charge in [-0.2, -0.15) is 5.10 Å². The molecule has 0 atom stereocenters. The fourth-order valence-corrected chi connectivity index (χ4v) is 5.92. The second kappa shape index (κ2) is 9.28. The van der Waals surface area contributed by atoms with Crippen LogP contribution in [0.4, 0.5) is 5.69 Å². The smallest absolute Gasteiger partial charge is 0.227 e. The van der Waals surface area contributed by atoms with E-state index in [4.69, 9.17) is 4.98 Å². The van der Waals surface area contributed by atoms with E-state index in [0.29, 0.717) is 11.4 Å². The van der Waals surface area contributed by atoms with Crippen LogP contribution in [0.5, 0.6) is 0 Å². The molecule has 1 fully saturated rings. The van der Waals surface area contributed by atoms with Crippen molar-refractivity contribution in [3.63, 3.8) is 0 Å². The standard InChI is InChI=1S/C30H24N6O2S/c1-16(37)26-10-11-27(39-26)20-6-3-7-23-21(20)13-25(33-23)29-28-24(35-36-29)9-8-22(34-28)18-12-19(15-31-14-18)32-30(38)17-4-2-5-17/h3,6-15,17,33H,2,4-5H2,1H3,(H,32,38)(H,35,36). The van der Waals surface area contributed by atoms with Crippen LogP contribution in [0, 0.1) is 5.92 Å². The number of amides is 1. The summed E-state index contributed by atoms with van der Waals surface area (Å²) in [5, 5.41) is 11.7. The van der Waals surface area contributed by atoms with Crippen molar-refractivity contribution in [1.82, 2.24) is 25.1 Å². The highest BCUT2D eigenvalue weighted by atomic mass is 32.1. The Morgan fingerprint density at radius 1 is 1.03 bits per heavy atom. The minimum Gasteiger partial charge on any atom is -0.353 e. The third kappa shape index (κ3) is 4.21. The molecule has 6 aromatic rings. The van der Waals surface area contributed by atoms with Gasteiger partial charge in [-0.05, 0) is 62.2 Å². The molecule has 1 aromatic carbocycles. The molecular formula is C30H24N6O2S. The maximum Gasteiger partial charge on any atom is 0.227 e. The quantitative estimate of drug-likeness (QED) is 0.203. The molecular weight excluding hydrogens is 508 g/mol. The number of nitrogens with zero attached hydrogens (tertiary/aromatic N) is 3. The fraction of sp³-hybridized carbons (Fsp3) is 0.167. The number of thiophene rings is 1. The molecule has 7 rings (SSSR count). The summed E-state index contributed by atoms with van der Waals surface area (Å²) in [4.78, 5) is 38.8. The Bertz CT molecular complexity index is 1890. The Morgan fingerprint density at radius 2 is 1.92 bits per heavy atom. The van der Waals surface area contributed by atoms with E-state index >= 15 is 0 Å². The van der Waals surface area contributed by atoms with Crippen molar-refractivity contribution in [3.05, 3.63) is 71.9 Å². The monoisotopic (exact) mass is 532 g/mol. The Hall–Kier alpha value is -4.63. The minimum atomic E-state index is 0.0546. The first kappa shape index (κ1) is 23.5. The Kier molecular flexibility index (Phi) is 5.59. The SMILES string of the molecule is CC(=O)c1ccc(-c2cccc3[nH]c(-c4n[nH]c5ccc(-c6cncc(NC(=O)C7CCC7)c6)nc45)cc23)s1. The van der Waals surface area contributed by atoms with Gasteiger partial charge in [0.25, 0.3) is 0 Å². The summed E-state index contributed by atoms with van der Waals surface area (Å²) < 4.78 is 0. The normalized spacial score (nSPS) is 13.6. The van der Waals surface area contributed by atoms with Gasteiger partial charge in [-0.3, -0.25) is 19.7 Å². The second-order valence-corrected chi connectivity index (χ2v) is 11.0. The number of carbonyl (C=O) groups excluding carboxylic acids is 2. The number of rotatable bonds is 6. The molecule has 0 bridgehead atoms. The number of aromatic nitrogens is 5. The fourth-order valence-electron chi connectivity index (χ4n) is 4.98. The van der Waals surface area contributed by atoms with Crippen molar-refractivity contribution >= 4 is 50.7 Å². The molecule has 5 aromatic heterocycles. The van der Waals surface area contributed by atoms with E-state index in [2.05, 4.69) is 37.6 Å². The highest BCUT2D eigenvalue weighted by Crippen LogP contribution is 2.37. The molecule has 5 heterocycles. The van der Waals surface area contributed by atoms with E-state index in [1.54, 1.807) is 19.3 Å². The molecule has 192 valence electrons. The summed E-state index contributed by atoms with van der Waals surface area (Å²) >= 11 is 1.50. The van der Waals surface area contributed by atoms with Crippen LogP contribution in [-0.2, 0) is 4.79 Å². The summed E-state index contributed by atoms with van der Waals surface area (Å²) in [7, 11) is 0. The van der Waals surface area contributed by atoms with Crippen LogP contribution in [0.25, 0.3) is 55.0 Å². The average Bonchev–Trinajstić information content (AvgIpc) is 3.65. The molecule has 0 radical (unpaired) electrons. The average molecular weight is 533 g/mol. The highest BCUT2D eigenvalue weighted by molar-refractivity contribution is 7.17. The van der Waals surface area contributed by atoms with Gasteiger partial charge >= 0.3 is 0 Å². The third-order valence-corrected chi connectivity index (χ3v) is 8.54. The van der Waals surface area contributed by atoms with Crippen molar-refractivity contribution in [2.24, 2.45) is 5.92 Å². The van der Waals surface area contributed by atoms with Gasteiger partial charge in [-0.15, -0.1) is 11.3 Å². The van der Waals surface area contributed by atoms with Crippen molar-refractivity contribution in [2.45, 2.75) is 26.2 Å². The summed E-state index contributed by atoms with van der Waals surface area (Å²) in [5.41, 5.74) is 7.38. The molecule has 3 N–H and O–H groups in total. The molecule has 1 saturated carbocycles. The minimum absolute atomic E-state index is 0.0546. The number of benzene rings is 1. The van der Waals surface area contributed by atoms with Crippen molar-refractivity contribution in [2.75, 3.05) is 5.32 Å². The van der Waals surface area contributed by atoms with E-state index < -0.39 is 0 Å². The number of ketones is 1. The zero-order valence-corrected chi connectivity index (χ0v) is 21.9. The number of anilines is 1. The topological polar surface area (TPSA) is 116 Å². The summed E-state index contributed by atoms with van der Waals surface area (Å²) in [6.07, 6.45) is 6.42. The Balaban J connectivity index is 1.25. The number of pyridine rings is 2. The van der Waals surface area contributed by atoms with Gasteiger partial charge in [0.05, 0.1) is 33.7 Å². The lowest BCUT2D eigenvalue weighted by atomic mass is 9.85. The van der Waals surface area contributed by atoms with Gasteiger partial charge < -0.3 is 10.3 Å². The van der Waals surface area contributed by atoms with Gasteiger partial charge in [-0.1, -0.05) is 18.6 Å². The number of nitrogens with one attached hydrogen (secondary N) is 3. The summed E-state index contributed by atoms with van der Waals surface area (Å²) in [6.45, 7) is 1.59. The lowest BCUT2D eigenvalue weighted by molar-refractivity contribution is -0.122. The van der Waals surface area contributed by atoms with Gasteiger partial charge in [0.1, 0.15) is 11.2 Å². The first-order chi connectivity index (χ1) is 19.0. The Morgan fingerprint density at radius 3 is 2.72 bits per heavy atom. The lowest BCUT2D eigenvalue weighted by Crippen LogP contribution is -2.28. The second-order valence-electron chi connectivity index (χ2n) is 9.91. The van der Waals surface area contributed by atoms with Crippen LogP contribution in [0.3, 0.4) is 0 Å². The summed E-state index contributed by atoms with van der Waals surface area (Å²) in [6, 6.07) is 17.9. The highest BCUT2D eigenvalue weighted by Gasteiger charge is 2.25. The Labute approximate surface area is 227 Å². The van der Waals surface area contributed by atoms with Crippen LogP contribution in [0.2, 0.25) is 0 Å². The number of Topliss-reactive ketones (excluding diaryl/α,β-unsaturated/α-hetero) is 1. The van der Waals surface area contributed by atoms with E-state index in [9.17, 15) is 9.59 Å². The zero-order valence-electron chi connectivity index (χ0n) is 21.1. The predicted octanol–water partition coefficient (Wildman–Crippen LogP) is 6.84. The van der Waals surface area contributed by atoms with Crippen molar-refractivity contribution in [1.29, 1.82) is 0 Å². The number of hydrogen-bond donors (Lipinski definition) is 3. The maximum absolute atomic E-state index is 12.4. The number of fused-ring (bicyclic) bond motifs is 2. The first-order valence-electron chi connectivity index (χ1n) is 12.9. The molecule has 9 heteroatoms. The van der Waals surface area contributed by atoms with E-state index in [1.807, 2.05) is 42.5 Å². The van der Waals surface area contributed by atoms with Crippen molar-refractivity contribution in [3.8, 4) is 33.1 Å². The van der Waals surface area contributed by atoms with Crippen LogP contribution in [0.1, 0.15) is 35.9 Å². The van der Waals surface area contributed by atoms with Gasteiger partial charge in [0.15, 0.2) is 5.78 Å². The largest absolute Gasteiger partial charge is 0.353 e. The maximum atomic E-state index is 12.4. The van der Waals surface area contributed by atoms with Crippen LogP contribution in [-0.4, -0.2) is 36.8 Å². The number of H-pyrrole nitrogens is 2. The number of carbonyl (C=O) groups is 2. The first-order valence-corrected chi connectivity index (χ1v) is 13.7. The summed E-state index contributed by atoms with van der Waals surface area (Å²) in [5.74, 6) is 0.225. The van der Waals surface area contributed by atoms with E-state index in [0.717, 1.165) is 73.5 Å². The van der Waals surface area contributed by atoms with Gasteiger partial charge in [0, 0.05) is 39.0 Å². The predicted molar refractivity (Wildman–Crippen MR) is 154 cm³/mol. The number of hydrogen-bond acceptors (Lipinski definition) is 6. The molecule has 1 aliphatic rings. The molecule has 1 amide bonds. The van der Waals surface area contributed by atoms with E-state index in [-0.39, 0.29) is 17.6 Å². The van der Waals surface area contributed by atoms with Crippen LogP contribution in [0.15, 0.2) is 67.0 Å². The van der Waals surface area contributed by atoms with Crippen LogP contribution >= 0.6 is 11.3 Å². The molecule has 0 saturated heterocycles. The van der Waals surface area contributed by atoms with E-state index in [1.165, 1.54) is 11.3 Å². The van der Waals surface area contributed by atoms with Crippen molar-refractivity contribution < 1.29 is 9.59 Å². The third-order valence-electron chi connectivity index (χ3n) is 7.32. The zero-order chi connectivity index (χ0) is 26.5. The van der Waals surface area contributed by atoms with Gasteiger partial charge in [0.2, 0.25) is 5.91 Å². The molecule has 8 nitrogen and oxygen atoms in total. The molecule has 0 unspecified atom stereocenters. The molecule has 1 aliphatic carbocycles. The number of aromatic amines is 2. The molecule has 39 heavy (non-hydrogen) atoms.